The van der Waals surface area contributed by atoms with Gasteiger partial charge in [-0.05, 0) is 12.5 Å². The van der Waals surface area contributed by atoms with Crippen LogP contribution in [0.25, 0.3) is 11.3 Å². The number of nitrogens with zero attached hydrogens (tertiary/aromatic N) is 7. The van der Waals surface area contributed by atoms with Gasteiger partial charge in [-0.3, -0.25) is 4.68 Å². The molecule has 9 nitrogen and oxygen atoms in total. The Bertz CT molecular complexity index is 896. The lowest BCUT2D eigenvalue weighted by Crippen LogP contribution is -2.27. The molecule has 0 aromatic carbocycles. The van der Waals surface area contributed by atoms with Crippen molar-refractivity contribution in [1.82, 2.24) is 29.7 Å². The van der Waals surface area contributed by atoms with Crippen LogP contribution in [0.3, 0.4) is 0 Å². The Hall–Kier alpha value is -3.23. The van der Waals surface area contributed by atoms with Gasteiger partial charge in [0.05, 0.1) is 19.0 Å². The smallest absolute Gasteiger partial charge is 0.226 e. The second-order valence-corrected chi connectivity index (χ2v) is 6.14. The van der Waals surface area contributed by atoms with E-state index in [4.69, 9.17) is 4.74 Å². The van der Waals surface area contributed by atoms with E-state index in [0.29, 0.717) is 11.8 Å². The van der Waals surface area contributed by atoms with E-state index in [1.807, 2.05) is 19.3 Å². The van der Waals surface area contributed by atoms with Crippen molar-refractivity contribution in [2.45, 2.75) is 12.5 Å². The lowest BCUT2D eigenvalue weighted by molar-refractivity contribution is 0.397. The third-order valence-corrected chi connectivity index (χ3v) is 4.29. The van der Waals surface area contributed by atoms with Gasteiger partial charge < -0.3 is 15.0 Å². The summed E-state index contributed by atoms with van der Waals surface area (Å²) in [4.78, 5) is 19.8. The van der Waals surface area contributed by atoms with Gasteiger partial charge in [-0.2, -0.15) is 10.1 Å². The monoisotopic (exact) mass is 352 g/mol. The van der Waals surface area contributed by atoms with Crippen LogP contribution >= 0.6 is 0 Å². The van der Waals surface area contributed by atoms with Crippen LogP contribution in [0.2, 0.25) is 0 Å². The average molecular weight is 352 g/mol. The lowest BCUT2D eigenvalue weighted by Gasteiger charge is -2.17. The van der Waals surface area contributed by atoms with Gasteiger partial charge in [-0.25, -0.2) is 15.0 Å². The normalized spacial score (nSPS) is 16.7. The molecule has 0 radical (unpaired) electrons. The Morgan fingerprint density at radius 3 is 2.88 bits per heavy atom. The van der Waals surface area contributed by atoms with Crippen LogP contribution in [0.5, 0.6) is 5.88 Å². The van der Waals surface area contributed by atoms with Crippen molar-refractivity contribution in [2.24, 2.45) is 7.05 Å². The van der Waals surface area contributed by atoms with E-state index in [0.717, 1.165) is 36.7 Å². The first-order valence-corrected chi connectivity index (χ1v) is 8.42. The van der Waals surface area contributed by atoms with Crippen molar-refractivity contribution in [3.63, 3.8) is 0 Å². The fraction of sp³-hybridized carbons (Fsp3) is 0.353. The molecule has 1 N–H and O–H groups in total. The number of aromatic nitrogens is 6. The summed E-state index contributed by atoms with van der Waals surface area (Å²) in [5, 5.41) is 7.55. The summed E-state index contributed by atoms with van der Waals surface area (Å²) in [6, 6.07) is 3.85. The largest absolute Gasteiger partial charge is 0.481 e. The van der Waals surface area contributed by atoms with Crippen LogP contribution in [-0.2, 0) is 7.05 Å². The van der Waals surface area contributed by atoms with Crippen LogP contribution in [-0.4, -0.2) is 56.0 Å². The zero-order chi connectivity index (χ0) is 17.9. The Morgan fingerprint density at radius 2 is 2.08 bits per heavy atom. The van der Waals surface area contributed by atoms with Gasteiger partial charge in [0, 0.05) is 56.4 Å². The molecule has 1 saturated heterocycles. The minimum atomic E-state index is 0.229. The van der Waals surface area contributed by atoms with E-state index < -0.39 is 0 Å². The number of aryl methyl sites for hydroxylation is 1. The van der Waals surface area contributed by atoms with E-state index in [1.54, 1.807) is 36.4 Å². The van der Waals surface area contributed by atoms with Gasteiger partial charge in [-0.15, -0.1) is 0 Å². The molecule has 0 spiro atoms. The fourth-order valence-corrected chi connectivity index (χ4v) is 2.98. The van der Waals surface area contributed by atoms with Gasteiger partial charge in [0.2, 0.25) is 17.8 Å². The first-order chi connectivity index (χ1) is 12.7. The van der Waals surface area contributed by atoms with Crippen molar-refractivity contribution in [2.75, 3.05) is 30.4 Å². The van der Waals surface area contributed by atoms with Crippen molar-refractivity contribution in [1.29, 1.82) is 0 Å². The molecule has 1 fully saturated rings. The number of anilines is 2. The Balaban J connectivity index is 1.45. The second kappa shape index (κ2) is 6.95. The molecular weight excluding hydrogens is 332 g/mol. The van der Waals surface area contributed by atoms with Gasteiger partial charge in [0.25, 0.3) is 0 Å². The van der Waals surface area contributed by atoms with E-state index in [9.17, 15) is 0 Å². The average Bonchev–Trinajstić information content (AvgIpc) is 3.31. The molecular formula is C17H20N8O. The minimum absolute atomic E-state index is 0.229. The maximum atomic E-state index is 5.14. The number of methoxy groups -OCH3 is 1. The molecule has 3 aromatic rings. The summed E-state index contributed by atoms with van der Waals surface area (Å²) in [6.07, 6.45) is 8.18. The Kier molecular flexibility index (Phi) is 4.34. The van der Waals surface area contributed by atoms with E-state index in [2.05, 4.69) is 35.3 Å². The van der Waals surface area contributed by atoms with Gasteiger partial charge >= 0.3 is 0 Å². The maximum absolute atomic E-state index is 5.14. The summed E-state index contributed by atoms with van der Waals surface area (Å²) in [5.41, 5.74) is 1.85. The summed E-state index contributed by atoms with van der Waals surface area (Å²) in [7, 11) is 3.49. The Morgan fingerprint density at radius 1 is 1.19 bits per heavy atom. The molecule has 0 bridgehead atoms. The Labute approximate surface area is 151 Å². The third-order valence-electron chi connectivity index (χ3n) is 4.29. The van der Waals surface area contributed by atoms with Crippen molar-refractivity contribution < 1.29 is 4.74 Å². The van der Waals surface area contributed by atoms with Gasteiger partial charge in [0.1, 0.15) is 0 Å². The first kappa shape index (κ1) is 16.2. The van der Waals surface area contributed by atoms with Crippen LogP contribution in [0, 0.1) is 0 Å². The fourth-order valence-electron chi connectivity index (χ4n) is 2.98. The molecule has 1 atom stereocenters. The standard InChI is InChI=1S/C17H20N8O/c1-24-10-12(9-20-24)14-3-6-19-17(22-14)25-8-5-13(11-25)21-16-18-7-4-15(23-16)26-2/h3-4,6-7,9-10,13H,5,8,11H2,1-2H3,(H,18,21,23). The number of hydrogen-bond acceptors (Lipinski definition) is 8. The summed E-state index contributed by atoms with van der Waals surface area (Å²) < 4.78 is 6.90. The molecule has 26 heavy (non-hydrogen) atoms. The molecule has 1 aliphatic heterocycles. The molecule has 1 aliphatic rings. The van der Waals surface area contributed by atoms with Crippen LogP contribution in [0.15, 0.2) is 36.9 Å². The van der Waals surface area contributed by atoms with Gasteiger partial charge in [-0.1, -0.05) is 0 Å². The number of ether oxygens (including phenoxy) is 1. The third kappa shape index (κ3) is 3.41. The highest BCUT2D eigenvalue weighted by atomic mass is 16.5. The quantitative estimate of drug-likeness (QED) is 0.736. The molecule has 0 saturated carbocycles. The molecule has 1 unspecified atom stereocenters. The number of rotatable bonds is 5. The topological polar surface area (TPSA) is 93.9 Å². The number of nitrogens with one attached hydrogen (secondary N) is 1. The van der Waals surface area contributed by atoms with Gasteiger partial charge in [0.15, 0.2) is 0 Å². The zero-order valence-electron chi connectivity index (χ0n) is 14.7. The minimum Gasteiger partial charge on any atom is -0.481 e. The van der Waals surface area contributed by atoms with E-state index in [-0.39, 0.29) is 6.04 Å². The SMILES string of the molecule is COc1ccnc(NC2CCN(c3nccc(-c4cnn(C)c4)n3)C2)n1. The molecule has 0 amide bonds. The highest BCUT2D eigenvalue weighted by Crippen LogP contribution is 2.22. The van der Waals surface area contributed by atoms with Crippen molar-refractivity contribution in [3.8, 4) is 17.1 Å². The number of hydrogen-bond donors (Lipinski definition) is 1. The van der Waals surface area contributed by atoms with Crippen molar-refractivity contribution in [3.05, 3.63) is 36.9 Å². The van der Waals surface area contributed by atoms with E-state index >= 15 is 0 Å². The van der Waals surface area contributed by atoms with Crippen LogP contribution < -0.4 is 15.0 Å². The zero-order valence-corrected chi connectivity index (χ0v) is 14.7. The molecule has 4 heterocycles. The predicted molar refractivity (Wildman–Crippen MR) is 97.1 cm³/mol. The van der Waals surface area contributed by atoms with E-state index in [1.165, 1.54) is 0 Å². The first-order valence-electron chi connectivity index (χ1n) is 8.42. The molecule has 134 valence electrons. The second-order valence-electron chi connectivity index (χ2n) is 6.14. The van der Waals surface area contributed by atoms with Crippen LogP contribution in [0.1, 0.15) is 6.42 Å². The molecule has 4 rings (SSSR count). The lowest BCUT2D eigenvalue weighted by atomic mass is 10.2. The maximum Gasteiger partial charge on any atom is 0.226 e. The van der Waals surface area contributed by atoms with Crippen molar-refractivity contribution >= 4 is 11.9 Å². The molecule has 0 aliphatic carbocycles. The molecule has 3 aromatic heterocycles. The summed E-state index contributed by atoms with van der Waals surface area (Å²) in [5.74, 6) is 1.84. The predicted octanol–water partition coefficient (Wildman–Crippen LogP) is 1.37. The summed E-state index contributed by atoms with van der Waals surface area (Å²) in [6.45, 7) is 1.66. The molecule has 9 heteroatoms. The highest BCUT2D eigenvalue weighted by Gasteiger charge is 2.25. The van der Waals surface area contributed by atoms with Crippen LogP contribution in [0.4, 0.5) is 11.9 Å². The summed E-state index contributed by atoms with van der Waals surface area (Å²) >= 11 is 0. The highest BCUT2D eigenvalue weighted by molar-refractivity contribution is 5.58.